The molecule has 1 aliphatic carbocycles. The van der Waals surface area contributed by atoms with Crippen LogP contribution in [0.15, 0.2) is 22.7 Å². The highest BCUT2D eigenvalue weighted by Gasteiger charge is 2.30. The second kappa shape index (κ2) is 6.27. The SMILES string of the molecule is CC(C)CCN(c1ccc(C(C)O)cc1Br)C1CC1. The van der Waals surface area contributed by atoms with Crippen molar-refractivity contribution >= 4 is 21.6 Å². The Morgan fingerprint density at radius 1 is 1.32 bits per heavy atom. The average Bonchev–Trinajstić information content (AvgIpc) is 3.14. The molecule has 1 aromatic carbocycles. The van der Waals surface area contributed by atoms with E-state index in [9.17, 15) is 5.11 Å². The zero-order chi connectivity index (χ0) is 14.0. The second-order valence-corrected chi connectivity index (χ2v) is 6.85. The number of benzene rings is 1. The lowest BCUT2D eigenvalue weighted by Crippen LogP contribution is -2.28. The van der Waals surface area contributed by atoms with Gasteiger partial charge in [0.1, 0.15) is 0 Å². The zero-order valence-corrected chi connectivity index (χ0v) is 13.7. The molecule has 106 valence electrons. The summed E-state index contributed by atoms with van der Waals surface area (Å²) in [6, 6.07) is 6.94. The first-order valence-corrected chi connectivity index (χ1v) is 8.02. The first-order chi connectivity index (χ1) is 8.99. The van der Waals surface area contributed by atoms with Crippen molar-refractivity contribution in [3.8, 4) is 0 Å². The summed E-state index contributed by atoms with van der Waals surface area (Å²) in [7, 11) is 0. The Bertz CT molecular complexity index is 427. The van der Waals surface area contributed by atoms with E-state index in [0.717, 1.165) is 22.5 Å². The maximum absolute atomic E-state index is 9.64. The fraction of sp³-hybridized carbons (Fsp3) is 0.625. The first-order valence-electron chi connectivity index (χ1n) is 7.23. The molecule has 1 fully saturated rings. The van der Waals surface area contributed by atoms with Gasteiger partial charge in [-0.2, -0.15) is 0 Å². The lowest BCUT2D eigenvalue weighted by Gasteiger charge is -2.27. The number of hydrogen-bond acceptors (Lipinski definition) is 2. The van der Waals surface area contributed by atoms with Gasteiger partial charge < -0.3 is 10.0 Å². The summed E-state index contributed by atoms with van der Waals surface area (Å²) < 4.78 is 1.10. The van der Waals surface area contributed by atoms with E-state index in [1.54, 1.807) is 6.92 Å². The van der Waals surface area contributed by atoms with Gasteiger partial charge in [-0.15, -0.1) is 0 Å². The summed E-state index contributed by atoms with van der Waals surface area (Å²) in [6.07, 6.45) is 3.43. The van der Waals surface area contributed by atoms with E-state index in [0.29, 0.717) is 6.04 Å². The van der Waals surface area contributed by atoms with Gasteiger partial charge in [0.05, 0.1) is 11.8 Å². The minimum atomic E-state index is -0.407. The highest BCUT2D eigenvalue weighted by Crippen LogP contribution is 2.37. The Balaban J connectivity index is 2.17. The van der Waals surface area contributed by atoms with E-state index in [1.165, 1.54) is 24.9 Å². The van der Waals surface area contributed by atoms with Gasteiger partial charge in [-0.3, -0.25) is 0 Å². The van der Waals surface area contributed by atoms with Gasteiger partial charge in [0, 0.05) is 17.1 Å². The average molecular weight is 326 g/mol. The lowest BCUT2D eigenvalue weighted by molar-refractivity contribution is 0.199. The molecule has 1 atom stereocenters. The van der Waals surface area contributed by atoms with Gasteiger partial charge in [-0.25, -0.2) is 0 Å². The molecule has 2 rings (SSSR count). The monoisotopic (exact) mass is 325 g/mol. The number of halogens is 1. The highest BCUT2D eigenvalue weighted by atomic mass is 79.9. The summed E-state index contributed by atoms with van der Waals surface area (Å²) in [5, 5.41) is 9.64. The number of aliphatic hydroxyl groups is 1. The van der Waals surface area contributed by atoms with Crippen molar-refractivity contribution in [2.24, 2.45) is 5.92 Å². The van der Waals surface area contributed by atoms with Crippen LogP contribution < -0.4 is 4.90 Å². The van der Waals surface area contributed by atoms with E-state index >= 15 is 0 Å². The smallest absolute Gasteiger partial charge is 0.0762 e. The van der Waals surface area contributed by atoms with Crippen molar-refractivity contribution in [3.05, 3.63) is 28.2 Å². The Morgan fingerprint density at radius 3 is 2.47 bits per heavy atom. The number of nitrogens with zero attached hydrogens (tertiary/aromatic N) is 1. The van der Waals surface area contributed by atoms with E-state index in [1.807, 2.05) is 12.1 Å². The highest BCUT2D eigenvalue weighted by molar-refractivity contribution is 9.10. The molecule has 0 heterocycles. The van der Waals surface area contributed by atoms with Crippen LogP contribution in [0.1, 0.15) is 51.7 Å². The van der Waals surface area contributed by atoms with Crippen molar-refractivity contribution < 1.29 is 5.11 Å². The molecule has 1 saturated carbocycles. The van der Waals surface area contributed by atoms with Crippen LogP contribution in [0.4, 0.5) is 5.69 Å². The Labute approximate surface area is 124 Å². The molecule has 19 heavy (non-hydrogen) atoms. The molecule has 1 aromatic rings. The topological polar surface area (TPSA) is 23.5 Å². The number of rotatable bonds is 6. The van der Waals surface area contributed by atoms with Gasteiger partial charge >= 0.3 is 0 Å². The summed E-state index contributed by atoms with van der Waals surface area (Å²) in [5.41, 5.74) is 2.24. The Morgan fingerprint density at radius 2 is 2.00 bits per heavy atom. The van der Waals surface area contributed by atoms with Crippen molar-refractivity contribution in [1.29, 1.82) is 0 Å². The fourth-order valence-electron chi connectivity index (χ4n) is 2.30. The van der Waals surface area contributed by atoms with Crippen molar-refractivity contribution in [1.82, 2.24) is 0 Å². The third-order valence-electron chi connectivity index (χ3n) is 3.70. The van der Waals surface area contributed by atoms with Crippen molar-refractivity contribution in [2.75, 3.05) is 11.4 Å². The van der Waals surface area contributed by atoms with Crippen LogP contribution in [0.2, 0.25) is 0 Å². The first kappa shape index (κ1) is 14.9. The molecular formula is C16H24BrNO. The summed E-state index contributed by atoms with van der Waals surface area (Å²) in [5.74, 6) is 0.733. The third-order valence-corrected chi connectivity index (χ3v) is 4.33. The molecule has 0 spiro atoms. The molecule has 2 nitrogen and oxygen atoms in total. The van der Waals surface area contributed by atoms with Crippen LogP contribution in [0.25, 0.3) is 0 Å². The largest absolute Gasteiger partial charge is 0.389 e. The molecule has 0 aliphatic heterocycles. The zero-order valence-electron chi connectivity index (χ0n) is 12.1. The number of anilines is 1. The minimum Gasteiger partial charge on any atom is -0.389 e. The standard InChI is InChI=1S/C16H24BrNO/c1-11(2)8-9-18(14-5-6-14)16-7-4-13(12(3)19)10-15(16)17/h4,7,10-12,14,19H,5-6,8-9H2,1-3H3. The van der Waals surface area contributed by atoms with Crippen molar-refractivity contribution in [3.63, 3.8) is 0 Å². The van der Waals surface area contributed by atoms with E-state index in [2.05, 4.69) is 40.7 Å². The molecule has 1 unspecified atom stereocenters. The van der Waals surface area contributed by atoms with Crippen molar-refractivity contribution in [2.45, 2.75) is 52.2 Å². The maximum atomic E-state index is 9.64. The predicted molar refractivity (Wildman–Crippen MR) is 84.6 cm³/mol. The molecular weight excluding hydrogens is 302 g/mol. The molecule has 1 aliphatic rings. The summed E-state index contributed by atoms with van der Waals surface area (Å²) in [6.45, 7) is 7.47. The van der Waals surface area contributed by atoms with E-state index in [-0.39, 0.29) is 0 Å². The molecule has 0 radical (unpaired) electrons. The van der Waals surface area contributed by atoms with Crippen LogP contribution in [0.3, 0.4) is 0 Å². The Kier molecular flexibility index (Phi) is 4.91. The molecule has 1 N–H and O–H groups in total. The van der Waals surface area contributed by atoms with Gasteiger partial charge in [0.15, 0.2) is 0 Å². The predicted octanol–water partition coefficient (Wildman–Crippen LogP) is 4.52. The van der Waals surface area contributed by atoms with E-state index in [4.69, 9.17) is 0 Å². The molecule has 0 aromatic heterocycles. The van der Waals surface area contributed by atoms with Crippen LogP contribution >= 0.6 is 15.9 Å². The normalized spacial score (nSPS) is 16.7. The fourth-order valence-corrected chi connectivity index (χ4v) is 2.92. The van der Waals surface area contributed by atoms with Gasteiger partial charge in [-0.05, 0) is 65.7 Å². The van der Waals surface area contributed by atoms with Gasteiger partial charge in [-0.1, -0.05) is 19.9 Å². The Hall–Kier alpha value is -0.540. The van der Waals surface area contributed by atoms with Crippen LogP contribution in [0, 0.1) is 5.92 Å². The molecule has 0 amide bonds. The quantitative estimate of drug-likeness (QED) is 0.831. The minimum absolute atomic E-state index is 0.407. The lowest BCUT2D eigenvalue weighted by atomic mass is 10.1. The number of hydrogen-bond donors (Lipinski definition) is 1. The maximum Gasteiger partial charge on any atom is 0.0762 e. The van der Waals surface area contributed by atoms with E-state index < -0.39 is 6.10 Å². The van der Waals surface area contributed by atoms with Crippen LogP contribution in [-0.4, -0.2) is 17.7 Å². The summed E-state index contributed by atoms with van der Waals surface area (Å²) in [4.78, 5) is 2.52. The van der Waals surface area contributed by atoms with Gasteiger partial charge in [0.2, 0.25) is 0 Å². The third kappa shape index (κ3) is 3.96. The summed E-state index contributed by atoms with van der Waals surface area (Å²) >= 11 is 3.67. The molecule has 3 heteroatoms. The molecule has 0 bridgehead atoms. The van der Waals surface area contributed by atoms with Crippen LogP contribution in [0.5, 0.6) is 0 Å². The van der Waals surface area contributed by atoms with Crippen LogP contribution in [-0.2, 0) is 0 Å². The second-order valence-electron chi connectivity index (χ2n) is 5.99. The molecule has 0 saturated heterocycles. The number of aliphatic hydroxyl groups excluding tert-OH is 1. The van der Waals surface area contributed by atoms with Gasteiger partial charge in [0.25, 0.3) is 0 Å².